The van der Waals surface area contributed by atoms with E-state index in [4.69, 9.17) is 29.9 Å². The molecule has 0 N–H and O–H groups in total. The Balaban J connectivity index is 0.890. The second-order valence-electron chi connectivity index (χ2n) is 24.1. The first kappa shape index (κ1) is 55.5. The number of aromatic nitrogens is 8. The lowest BCUT2D eigenvalue weighted by Gasteiger charge is -2.16. The largest absolute Gasteiger partial charge is 0.309 e. The van der Waals surface area contributed by atoms with Gasteiger partial charge in [-0.05, 0) is 137 Å². The van der Waals surface area contributed by atoms with Gasteiger partial charge in [0.05, 0.1) is 22.1 Å². The summed E-state index contributed by atoms with van der Waals surface area (Å²) in [6.45, 7) is 4.26. The normalized spacial score (nSPS) is 11.5. The third-order valence-electron chi connectivity index (χ3n) is 17.9. The van der Waals surface area contributed by atoms with E-state index in [2.05, 4.69) is 266 Å². The quantitative estimate of drug-likeness (QED) is 0.121. The molecule has 0 spiro atoms. The number of aryl methyl sites for hydroxylation is 2. The molecule has 0 aliphatic heterocycles. The minimum atomic E-state index is 0.561. The Labute approximate surface area is 544 Å². The topological polar surface area (TPSA) is 87.2 Å². The first-order valence-corrected chi connectivity index (χ1v) is 31.7. The van der Waals surface area contributed by atoms with Crippen molar-refractivity contribution in [3.05, 3.63) is 327 Å². The molecule has 0 saturated heterocycles. The molecule has 0 fully saturated rings. The van der Waals surface area contributed by atoms with Crippen LogP contribution in [-0.2, 0) is 0 Å². The first-order chi connectivity index (χ1) is 46.3. The Morgan fingerprint density at radius 1 is 0.181 bits per heavy atom. The first-order valence-electron chi connectivity index (χ1n) is 31.7. The summed E-state index contributed by atoms with van der Waals surface area (Å²) >= 11 is 0. The summed E-state index contributed by atoms with van der Waals surface area (Å²) in [5, 5.41) is 4.65. The highest BCUT2D eigenvalue weighted by Gasteiger charge is 2.22. The van der Waals surface area contributed by atoms with Crippen molar-refractivity contribution < 1.29 is 0 Å². The van der Waals surface area contributed by atoms with Crippen LogP contribution in [0.2, 0.25) is 0 Å². The van der Waals surface area contributed by atoms with Crippen molar-refractivity contribution in [1.82, 2.24) is 39.0 Å². The fourth-order valence-electron chi connectivity index (χ4n) is 13.2. The molecule has 8 nitrogen and oxygen atoms in total. The Morgan fingerprint density at radius 3 is 0.809 bits per heavy atom. The minimum Gasteiger partial charge on any atom is -0.309 e. The zero-order valence-corrected chi connectivity index (χ0v) is 51.6. The molecule has 8 heteroatoms. The van der Waals surface area contributed by atoms with E-state index in [-0.39, 0.29) is 0 Å². The highest BCUT2D eigenvalue weighted by Crippen LogP contribution is 2.42. The average molecular weight is 1200 g/mol. The molecule has 17 aromatic rings. The van der Waals surface area contributed by atoms with E-state index in [1.165, 1.54) is 22.3 Å². The van der Waals surface area contributed by atoms with Gasteiger partial charge >= 0.3 is 0 Å². The van der Waals surface area contributed by atoms with Crippen LogP contribution in [0.25, 0.3) is 168 Å². The second-order valence-corrected chi connectivity index (χ2v) is 24.1. The fourth-order valence-corrected chi connectivity index (χ4v) is 13.2. The van der Waals surface area contributed by atoms with E-state index in [1.54, 1.807) is 0 Å². The summed E-state index contributed by atoms with van der Waals surface area (Å²) in [5.41, 5.74) is 22.7. The summed E-state index contributed by atoms with van der Waals surface area (Å²) in [6.07, 6.45) is 0. The van der Waals surface area contributed by atoms with Gasteiger partial charge in [0.2, 0.25) is 0 Å². The van der Waals surface area contributed by atoms with Crippen LogP contribution in [-0.4, -0.2) is 39.0 Å². The van der Waals surface area contributed by atoms with Gasteiger partial charge in [-0.2, -0.15) is 0 Å². The molecule has 94 heavy (non-hydrogen) atoms. The Kier molecular flexibility index (Phi) is 13.8. The van der Waals surface area contributed by atoms with Crippen molar-refractivity contribution in [1.29, 1.82) is 0 Å². The zero-order chi connectivity index (χ0) is 62.6. The number of para-hydroxylation sites is 2. The molecule has 0 saturated carbocycles. The highest BCUT2D eigenvalue weighted by atomic mass is 15.1. The van der Waals surface area contributed by atoms with E-state index >= 15 is 0 Å². The predicted octanol–water partition coefficient (Wildman–Crippen LogP) is 21.5. The van der Waals surface area contributed by atoms with Crippen molar-refractivity contribution in [2.24, 2.45) is 0 Å². The Bertz CT molecular complexity index is 5260. The van der Waals surface area contributed by atoms with Crippen molar-refractivity contribution in [2.75, 3.05) is 0 Å². The van der Waals surface area contributed by atoms with E-state index in [0.29, 0.717) is 34.9 Å². The minimum absolute atomic E-state index is 0.561. The summed E-state index contributed by atoms with van der Waals surface area (Å²) in [6, 6.07) is 112. The molecular weight excluding hydrogens is 1150 g/mol. The lowest BCUT2D eigenvalue weighted by Crippen LogP contribution is -2.02. The average Bonchev–Trinajstić information content (AvgIpc) is 1.56. The van der Waals surface area contributed by atoms with E-state index in [0.717, 1.165) is 122 Å². The van der Waals surface area contributed by atoms with Gasteiger partial charge < -0.3 is 9.13 Å². The van der Waals surface area contributed by atoms with E-state index in [1.807, 2.05) is 72.8 Å². The fraction of sp³-hybridized carbons (Fsp3) is 0.0233. The lowest BCUT2D eigenvalue weighted by molar-refractivity contribution is 1.07. The molecule has 0 unspecified atom stereocenters. The van der Waals surface area contributed by atoms with Crippen LogP contribution in [0.15, 0.2) is 315 Å². The molecule has 4 aromatic heterocycles. The van der Waals surface area contributed by atoms with Gasteiger partial charge in [-0.1, -0.05) is 248 Å². The van der Waals surface area contributed by atoms with Crippen LogP contribution in [0.3, 0.4) is 0 Å². The van der Waals surface area contributed by atoms with Crippen LogP contribution in [0.4, 0.5) is 0 Å². The van der Waals surface area contributed by atoms with Gasteiger partial charge in [0.1, 0.15) is 0 Å². The Hall–Kier alpha value is -12.5. The summed E-state index contributed by atoms with van der Waals surface area (Å²) in [4.78, 5) is 31.6. The SMILES string of the molecule is Cc1ccc(-c2ccc3c(c2)c2ccccc2n3-c2cc(-c3cccc(-c4cc(-c5nc(-c6ccccc6)nc(-c6ccccc6)n5)cc(-n5c6ccccc6c6cc(-c7ccc(C)cc7)ccc65)c4)c3)cc(-c3nc(-c4ccccc4)nc(-c4ccccc4)n3)c2)cc1. The summed E-state index contributed by atoms with van der Waals surface area (Å²) < 4.78 is 4.79. The van der Waals surface area contributed by atoms with Crippen LogP contribution in [0.1, 0.15) is 11.1 Å². The van der Waals surface area contributed by atoms with Crippen molar-refractivity contribution in [2.45, 2.75) is 13.8 Å². The maximum absolute atomic E-state index is 5.34. The third-order valence-corrected chi connectivity index (χ3v) is 17.9. The van der Waals surface area contributed by atoms with Gasteiger partial charge in [0.25, 0.3) is 0 Å². The van der Waals surface area contributed by atoms with E-state index in [9.17, 15) is 0 Å². The molecule has 4 heterocycles. The van der Waals surface area contributed by atoms with Crippen LogP contribution in [0, 0.1) is 13.8 Å². The molecular formula is C86H58N8. The number of fused-ring (bicyclic) bond motifs is 6. The van der Waals surface area contributed by atoms with Gasteiger partial charge in [-0.25, -0.2) is 29.9 Å². The van der Waals surface area contributed by atoms with Crippen LogP contribution in [0.5, 0.6) is 0 Å². The Morgan fingerprint density at radius 2 is 0.447 bits per heavy atom. The lowest BCUT2D eigenvalue weighted by atomic mass is 9.95. The zero-order valence-electron chi connectivity index (χ0n) is 51.6. The number of nitrogens with zero attached hydrogens (tertiary/aromatic N) is 8. The highest BCUT2D eigenvalue weighted by molar-refractivity contribution is 6.12. The number of benzene rings is 13. The second kappa shape index (κ2) is 23.4. The number of hydrogen-bond donors (Lipinski definition) is 0. The smallest absolute Gasteiger partial charge is 0.164 e. The van der Waals surface area contributed by atoms with Crippen LogP contribution >= 0.6 is 0 Å². The maximum atomic E-state index is 5.34. The predicted molar refractivity (Wildman–Crippen MR) is 386 cm³/mol. The van der Waals surface area contributed by atoms with Gasteiger partial charge in [-0.3, -0.25) is 0 Å². The molecule has 0 atom stereocenters. The molecule has 13 aromatic carbocycles. The third kappa shape index (κ3) is 10.3. The molecule has 0 aliphatic carbocycles. The molecule has 0 bridgehead atoms. The monoisotopic (exact) mass is 1200 g/mol. The molecule has 442 valence electrons. The molecule has 0 aliphatic rings. The van der Waals surface area contributed by atoms with Crippen LogP contribution < -0.4 is 0 Å². The van der Waals surface area contributed by atoms with Crippen molar-refractivity contribution in [3.63, 3.8) is 0 Å². The molecule has 0 amide bonds. The maximum Gasteiger partial charge on any atom is 0.164 e. The van der Waals surface area contributed by atoms with Gasteiger partial charge in [0, 0.05) is 66.3 Å². The number of hydrogen-bond acceptors (Lipinski definition) is 6. The summed E-state index contributed by atoms with van der Waals surface area (Å²) in [5.74, 6) is 3.49. The molecule has 0 radical (unpaired) electrons. The van der Waals surface area contributed by atoms with Crippen molar-refractivity contribution in [3.8, 4) is 124 Å². The summed E-state index contributed by atoms with van der Waals surface area (Å²) in [7, 11) is 0. The van der Waals surface area contributed by atoms with Crippen molar-refractivity contribution >= 4 is 43.6 Å². The van der Waals surface area contributed by atoms with Gasteiger partial charge in [0.15, 0.2) is 34.9 Å². The number of rotatable bonds is 12. The van der Waals surface area contributed by atoms with E-state index < -0.39 is 0 Å². The standard InChI is InChI=1S/C86H58N8/c1-55-34-38-57(39-35-55)65-42-44-79-75(53-65)73-30-15-17-32-77(73)93(79)71-49-67(47-69(51-71)85-89-81(59-20-7-3-8-21-59)87-82(90-85)60-22-9-4-10-23-60)63-28-19-29-64(46-63)68-48-70(86-91-83(61-24-11-5-12-25-61)88-84(92-86)62-26-13-6-14-27-62)52-72(50-68)94-78-33-18-16-31-74(78)76-54-66(43-45-80(76)94)58-40-36-56(2)37-41-58/h3-54H,1-2H3. The van der Waals surface area contributed by atoms with Gasteiger partial charge in [-0.15, -0.1) is 0 Å². The molecule has 17 rings (SSSR count).